The molecule has 148 valence electrons. The number of hydrogen-bond acceptors (Lipinski definition) is 7. The van der Waals surface area contributed by atoms with Crippen molar-refractivity contribution in [3.8, 4) is 11.6 Å². The molecule has 4 aromatic rings. The van der Waals surface area contributed by atoms with Crippen LogP contribution in [0.4, 0.5) is 5.95 Å². The molecule has 9 nitrogen and oxygen atoms in total. The third-order valence-corrected chi connectivity index (χ3v) is 5.15. The molecular weight excluding hydrogens is 372 g/mol. The van der Waals surface area contributed by atoms with Crippen LogP contribution in [-0.2, 0) is 9.53 Å². The van der Waals surface area contributed by atoms with E-state index in [4.69, 9.17) is 14.1 Å². The van der Waals surface area contributed by atoms with Crippen molar-refractivity contribution in [3.63, 3.8) is 0 Å². The van der Waals surface area contributed by atoms with Gasteiger partial charge < -0.3 is 19.0 Å². The first-order valence-electron chi connectivity index (χ1n) is 9.45. The molecule has 4 heterocycles. The molecule has 0 aliphatic carbocycles. The van der Waals surface area contributed by atoms with Crippen molar-refractivity contribution < 1.29 is 13.9 Å². The molecule has 3 aromatic heterocycles. The lowest BCUT2D eigenvalue weighted by Gasteiger charge is -2.35. The van der Waals surface area contributed by atoms with Gasteiger partial charge in [-0.3, -0.25) is 4.79 Å². The van der Waals surface area contributed by atoms with Gasteiger partial charge in [0.25, 0.3) is 0 Å². The molecule has 1 aliphatic rings. The van der Waals surface area contributed by atoms with Crippen molar-refractivity contribution in [1.82, 2.24) is 24.5 Å². The highest BCUT2D eigenvalue weighted by Crippen LogP contribution is 2.29. The number of benzene rings is 1. The second-order valence-corrected chi connectivity index (χ2v) is 6.89. The molecule has 5 rings (SSSR count). The number of carbonyl (C=O) groups is 1. The van der Waals surface area contributed by atoms with Crippen LogP contribution in [-0.4, -0.2) is 70.3 Å². The lowest BCUT2D eigenvalue weighted by molar-refractivity contribution is -0.135. The van der Waals surface area contributed by atoms with Crippen LogP contribution in [0.5, 0.6) is 0 Å². The van der Waals surface area contributed by atoms with Crippen LogP contribution >= 0.6 is 0 Å². The molecule has 0 radical (unpaired) electrons. The number of carbonyl (C=O) groups excluding carboxylic acids is 1. The normalized spacial score (nSPS) is 14.8. The van der Waals surface area contributed by atoms with Gasteiger partial charge >= 0.3 is 0 Å². The first-order chi connectivity index (χ1) is 14.3. The Morgan fingerprint density at radius 1 is 1.10 bits per heavy atom. The Labute approximate surface area is 166 Å². The lowest BCUT2D eigenvalue weighted by Crippen LogP contribution is -2.50. The maximum Gasteiger partial charge on any atom is 0.248 e. The Morgan fingerprint density at radius 3 is 2.69 bits per heavy atom. The highest BCUT2D eigenvalue weighted by atomic mass is 16.5. The number of methoxy groups -OCH3 is 1. The zero-order chi connectivity index (χ0) is 19.8. The number of hydrogen-bond donors (Lipinski definition) is 0. The zero-order valence-electron chi connectivity index (χ0n) is 16.0. The van der Waals surface area contributed by atoms with Crippen molar-refractivity contribution in [3.05, 3.63) is 42.7 Å². The molecular formula is C20H20N6O3. The fraction of sp³-hybridized carbons (Fsp3) is 0.300. The number of nitrogens with zero attached hydrogens (tertiary/aromatic N) is 6. The third-order valence-electron chi connectivity index (χ3n) is 5.15. The largest absolute Gasteiger partial charge is 0.461 e. The van der Waals surface area contributed by atoms with Crippen LogP contribution in [0.3, 0.4) is 0 Å². The molecule has 1 aliphatic heterocycles. The van der Waals surface area contributed by atoms with E-state index in [0.717, 1.165) is 22.5 Å². The van der Waals surface area contributed by atoms with Crippen LogP contribution in [0, 0.1) is 0 Å². The van der Waals surface area contributed by atoms with E-state index >= 15 is 0 Å². The highest BCUT2D eigenvalue weighted by Gasteiger charge is 2.26. The second kappa shape index (κ2) is 7.17. The number of anilines is 1. The lowest BCUT2D eigenvalue weighted by atomic mass is 10.2. The molecule has 1 saturated heterocycles. The van der Waals surface area contributed by atoms with E-state index in [2.05, 4.69) is 15.1 Å². The number of furan rings is 1. The van der Waals surface area contributed by atoms with Crippen LogP contribution in [0.1, 0.15) is 0 Å². The summed E-state index contributed by atoms with van der Waals surface area (Å²) in [5.41, 5.74) is 1.58. The number of aromatic nitrogens is 4. The smallest absolute Gasteiger partial charge is 0.248 e. The summed E-state index contributed by atoms with van der Waals surface area (Å²) in [6.07, 6.45) is 1.62. The maximum absolute atomic E-state index is 12.1. The van der Waals surface area contributed by atoms with E-state index in [1.807, 2.05) is 45.7 Å². The highest BCUT2D eigenvalue weighted by molar-refractivity contribution is 5.93. The van der Waals surface area contributed by atoms with Gasteiger partial charge in [-0.2, -0.15) is 0 Å². The Kier molecular flexibility index (Phi) is 4.36. The average Bonchev–Trinajstić information content (AvgIpc) is 3.43. The van der Waals surface area contributed by atoms with E-state index in [0.29, 0.717) is 37.8 Å². The summed E-state index contributed by atoms with van der Waals surface area (Å²) in [6, 6.07) is 11.6. The Morgan fingerprint density at radius 2 is 1.93 bits per heavy atom. The number of rotatable bonds is 4. The average molecular weight is 392 g/mol. The SMILES string of the molecule is COCC(=O)N1CCN(c2nc3ccccc3c3nnc(-c4ccco4)n23)CC1. The van der Waals surface area contributed by atoms with Crippen molar-refractivity contribution >= 4 is 28.4 Å². The number of ether oxygens (including phenoxy) is 1. The molecule has 1 aromatic carbocycles. The maximum atomic E-state index is 12.1. The summed E-state index contributed by atoms with van der Waals surface area (Å²) in [5, 5.41) is 9.74. The molecule has 9 heteroatoms. The Hall–Kier alpha value is -3.46. The van der Waals surface area contributed by atoms with Gasteiger partial charge in [0.15, 0.2) is 11.4 Å². The predicted octanol–water partition coefficient (Wildman–Crippen LogP) is 1.83. The number of amides is 1. The minimum atomic E-state index is 0.00402. The van der Waals surface area contributed by atoms with Gasteiger partial charge in [0.2, 0.25) is 17.7 Å². The molecule has 1 amide bonds. The summed E-state index contributed by atoms with van der Waals surface area (Å²) in [5.74, 6) is 1.99. The number of piperazine rings is 1. The van der Waals surface area contributed by atoms with Gasteiger partial charge in [0.1, 0.15) is 6.61 Å². The fourth-order valence-electron chi connectivity index (χ4n) is 3.71. The molecule has 29 heavy (non-hydrogen) atoms. The molecule has 0 atom stereocenters. The third kappa shape index (κ3) is 2.99. The number of para-hydroxylation sites is 1. The first kappa shape index (κ1) is 17.6. The van der Waals surface area contributed by atoms with E-state index in [1.54, 1.807) is 6.26 Å². The molecule has 0 spiro atoms. The van der Waals surface area contributed by atoms with Crippen LogP contribution in [0.2, 0.25) is 0 Å². The van der Waals surface area contributed by atoms with Crippen LogP contribution in [0.25, 0.3) is 28.1 Å². The predicted molar refractivity (Wildman–Crippen MR) is 107 cm³/mol. The Bertz CT molecular complexity index is 1160. The van der Waals surface area contributed by atoms with Crippen LogP contribution in [0.15, 0.2) is 47.1 Å². The Balaban J connectivity index is 1.59. The molecule has 1 fully saturated rings. The number of fused-ring (bicyclic) bond motifs is 3. The van der Waals surface area contributed by atoms with Gasteiger partial charge in [-0.05, 0) is 24.3 Å². The monoisotopic (exact) mass is 392 g/mol. The van der Waals surface area contributed by atoms with Gasteiger partial charge in [0.05, 0.1) is 11.8 Å². The molecule has 0 N–H and O–H groups in total. The first-order valence-corrected chi connectivity index (χ1v) is 9.45. The standard InChI is InChI=1S/C20H20N6O3/c1-28-13-17(27)24-8-10-25(11-9-24)20-21-15-6-3-2-5-14(15)18-22-23-19(26(18)20)16-7-4-12-29-16/h2-7,12H,8-11,13H2,1H3. The summed E-state index contributed by atoms with van der Waals surface area (Å²) in [4.78, 5) is 21.0. The summed E-state index contributed by atoms with van der Waals surface area (Å²) in [6.45, 7) is 2.64. The second-order valence-electron chi connectivity index (χ2n) is 6.89. The van der Waals surface area contributed by atoms with Gasteiger partial charge in [-0.25, -0.2) is 9.38 Å². The van der Waals surface area contributed by atoms with Gasteiger partial charge in [-0.1, -0.05) is 12.1 Å². The summed E-state index contributed by atoms with van der Waals surface area (Å²) < 4.78 is 12.5. The van der Waals surface area contributed by atoms with E-state index in [-0.39, 0.29) is 12.5 Å². The van der Waals surface area contributed by atoms with Crippen molar-refractivity contribution in [1.29, 1.82) is 0 Å². The topological polar surface area (TPSA) is 89.0 Å². The fourth-order valence-corrected chi connectivity index (χ4v) is 3.71. The van der Waals surface area contributed by atoms with E-state index in [1.165, 1.54) is 7.11 Å². The summed E-state index contributed by atoms with van der Waals surface area (Å²) >= 11 is 0. The van der Waals surface area contributed by atoms with Crippen molar-refractivity contribution in [2.75, 3.05) is 44.8 Å². The molecule has 0 bridgehead atoms. The molecule has 0 unspecified atom stereocenters. The van der Waals surface area contributed by atoms with E-state index < -0.39 is 0 Å². The molecule has 0 saturated carbocycles. The van der Waals surface area contributed by atoms with Crippen molar-refractivity contribution in [2.24, 2.45) is 0 Å². The quantitative estimate of drug-likeness (QED) is 0.523. The minimum absolute atomic E-state index is 0.00402. The van der Waals surface area contributed by atoms with Gasteiger partial charge in [0, 0.05) is 38.7 Å². The summed E-state index contributed by atoms with van der Waals surface area (Å²) in [7, 11) is 1.53. The zero-order valence-corrected chi connectivity index (χ0v) is 16.0. The van der Waals surface area contributed by atoms with Crippen molar-refractivity contribution in [2.45, 2.75) is 0 Å². The van der Waals surface area contributed by atoms with Crippen LogP contribution < -0.4 is 4.90 Å². The van der Waals surface area contributed by atoms with E-state index in [9.17, 15) is 4.79 Å². The minimum Gasteiger partial charge on any atom is -0.461 e. The van der Waals surface area contributed by atoms with Gasteiger partial charge in [-0.15, -0.1) is 10.2 Å².